The van der Waals surface area contributed by atoms with Gasteiger partial charge in [-0.2, -0.15) is 0 Å². The number of amides is 2. The minimum absolute atomic E-state index is 0.229. The van der Waals surface area contributed by atoms with Crippen LogP contribution in [0.4, 0.5) is 5.69 Å². The smallest absolute Gasteiger partial charge is 0.313 e. The fourth-order valence-electron chi connectivity index (χ4n) is 2.87. The number of rotatable bonds is 2. The van der Waals surface area contributed by atoms with Gasteiger partial charge in [0.1, 0.15) is 6.33 Å². The lowest BCUT2D eigenvalue weighted by molar-refractivity contribution is -0.143. The third-order valence-corrected chi connectivity index (χ3v) is 4.04. The Morgan fingerprint density at radius 1 is 1.42 bits per heavy atom. The number of anilines is 1. The zero-order valence-corrected chi connectivity index (χ0v) is 13.3. The van der Waals surface area contributed by atoms with Crippen LogP contribution in [-0.4, -0.2) is 38.0 Å². The Labute approximate surface area is 139 Å². The van der Waals surface area contributed by atoms with Gasteiger partial charge >= 0.3 is 11.8 Å². The Morgan fingerprint density at radius 3 is 2.96 bits per heavy atom. The Hall–Kier alpha value is -3.14. The average Bonchev–Trinajstić information content (AvgIpc) is 3.22. The van der Waals surface area contributed by atoms with Gasteiger partial charge in [-0.1, -0.05) is 12.0 Å². The van der Waals surface area contributed by atoms with E-state index in [1.807, 2.05) is 7.05 Å². The quantitative estimate of drug-likeness (QED) is 0.663. The third-order valence-electron chi connectivity index (χ3n) is 4.04. The van der Waals surface area contributed by atoms with E-state index in [-0.39, 0.29) is 6.04 Å². The lowest BCUT2D eigenvalue weighted by Crippen LogP contribution is -2.39. The number of carbonyl (C=O) groups is 2. The van der Waals surface area contributed by atoms with Gasteiger partial charge in [-0.3, -0.25) is 9.59 Å². The van der Waals surface area contributed by atoms with Crippen molar-refractivity contribution in [3.8, 4) is 12.3 Å². The van der Waals surface area contributed by atoms with Crippen LogP contribution in [0.1, 0.15) is 30.3 Å². The van der Waals surface area contributed by atoms with Gasteiger partial charge in [0.05, 0.1) is 6.04 Å². The van der Waals surface area contributed by atoms with Gasteiger partial charge < -0.3 is 14.8 Å². The molecule has 2 aromatic rings. The van der Waals surface area contributed by atoms with Crippen molar-refractivity contribution >= 4 is 17.5 Å². The molecule has 0 radical (unpaired) electrons. The van der Waals surface area contributed by atoms with Crippen LogP contribution >= 0.6 is 0 Å². The van der Waals surface area contributed by atoms with Crippen molar-refractivity contribution in [1.82, 2.24) is 19.7 Å². The molecule has 1 saturated heterocycles. The topological polar surface area (TPSA) is 80.1 Å². The summed E-state index contributed by atoms with van der Waals surface area (Å²) < 4.78 is 1.77. The van der Waals surface area contributed by atoms with Gasteiger partial charge in [-0.05, 0) is 31.0 Å². The van der Waals surface area contributed by atoms with Crippen LogP contribution in [0.3, 0.4) is 0 Å². The Balaban J connectivity index is 1.74. The van der Waals surface area contributed by atoms with E-state index >= 15 is 0 Å². The molecule has 0 bridgehead atoms. The van der Waals surface area contributed by atoms with Gasteiger partial charge in [0.25, 0.3) is 0 Å². The van der Waals surface area contributed by atoms with Crippen molar-refractivity contribution in [2.75, 3.05) is 11.9 Å². The lowest BCUT2D eigenvalue weighted by Gasteiger charge is -2.23. The maximum absolute atomic E-state index is 12.5. The van der Waals surface area contributed by atoms with Crippen LogP contribution in [0.5, 0.6) is 0 Å². The zero-order valence-electron chi connectivity index (χ0n) is 13.3. The molecule has 7 heteroatoms. The standard InChI is InChI=1S/C17H17N5O2/c1-3-12-6-4-7-13(10-12)19-16(23)17(24)22-9-5-8-14(22)15-20-18-11-21(15)2/h1,4,6-7,10-11,14H,5,8-9H2,2H3,(H,19,23)/t14-/m0/s1. The van der Waals surface area contributed by atoms with Crippen LogP contribution in [0.2, 0.25) is 0 Å². The third kappa shape index (κ3) is 2.99. The van der Waals surface area contributed by atoms with Crippen molar-refractivity contribution in [1.29, 1.82) is 0 Å². The summed E-state index contributed by atoms with van der Waals surface area (Å²) in [4.78, 5) is 26.4. The van der Waals surface area contributed by atoms with Crippen LogP contribution in [0.25, 0.3) is 0 Å². The van der Waals surface area contributed by atoms with Crippen LogP contribution in [0, 0.1) is 12.3 Å². The maximum atomic E-state index is 12.5. The van der Waals surface area contributed by atoms with Crippen molar-refractivity contribution < 1.29 is 9.59 Å². The van der Waals surface area contributed by atoms with Crippen molar-refractivity contribution in [2.24, 2.45) is 7.05 Å². The Bertz CT molecular complexity index is 820. The molecule has 24 heavy (non-hydrogen) atoms. The minimum Gasteiger partial charge on any atom is -0.324 e. The second-order valence-corrected chi connectivity index (χ2v) is 5.64. The van der Waals surface area contributed by atoms with Crippen molar-refractivity contribution in [3.63, 3.8) is 0 Å². The molecule has 122 valence electrons. The summed E-state index contributed by atoms with van der Waals surface area (Å²) in [6.07, 6.45) is 8.51. The molecule has 0 saturated carbocycles. The second-order valence-electron chi connectivity index (χ2n) is 5.64. The van der Waals surface area contributed by atoms with E-state index in [0.29, 0.717) is 23.6 Å². The minimum atomic E-state index is -0.682. The second kappa shape index (κ2) is 6.54. The average molecular weight is 323 g/mol. The normalized spacial score (nSPS) is 16.7. The maximum Gasteiger partial charge on any atom is 0.313 e. The van der Waals surface area contributed by atoms with Gasteiger partial charge in [0.2, 0.25) is 0 Å². The molecule has 1 fully saturated rings. The first kappa shape index (κ1) is 15.7. The van der Waals surface area contributed by atoms with Crippen molar-refractivity contribution in [2.45, 2.75) is 18.9 Å². The monoisotopic (exact) mass is 323 g/mol. The molecule has 1 N–H and O–H groups in total. The summed E-state index contributed by atoms with van der Waals surface area (Å²) in [7, 11) is 1.82. The van der Waals surface area contributed by atoms with E-state index in [4.69, 9.17) is 6.42 Å². The molecule has 1 aliphatic heterocycles. The number of terminal acetylenes is 1. The van der Waals surface area contributed by atoms with Gasteiger partial charge in [-0.25, -0.2) is 0 Å². The molecule has 2 amide bonds. The van der Waals surface area contributed by atoms with Gasteiger partial charge in [-0.15, -0.1) is 16.6 Å². The molecule has 1 aliphatic rings. The number of aromatic nitrogens is 3. The largest absolute Gasteiger partial charge is 0.324 e. The number of benzene rings is 1. The first-order chi connectivity index (χ1) is 11.6. The van der Waals surface area contributed by atoms with E-state index in [9.17, 15) is 9.59 Å². The number of carbonyl (C=O) groups excluding carboxylic acids is 2. The SMILES string of the molecule is C#Cc1cccc(NC(=O)C(=O)N2CCC[C@H]2c2nncn2C)c1. The van der Waals surface area contributed by atoms with Crippen LogP contribution < -0.4 is 5.32 Å². The number of nitrogens with zero attached hydrogens (tertiary/aromatic N) is 4. The molecule has 0 aliphatic carbocycles. The highest BCUT2D eigenvalue weighted by molar-refractivity contribution is 6.39. The fraction of sp³-hybridized carbons (Fsp3) is 0.294. The highest BCUT2D eigenvalue weighted by Gasteiger charge is 2.35. The molecule has 2 heterocycles. The molecule has 0 unspecified atom stereocenters. The van der Waals surface area contributed by atoms with Crippen LogP contribution in [0.15, 0.2) is 30.6 Å². The van der Waals surface area contributed by atoms with Gasteiger partial charge in [0, 0.05) is 24.8 Å². The highest BCUT2D eigenvalue weighted by atomic mass is 16.2. The van der Waals surface area contributed by atoms with E-state index in [1.54, 1.807) is 40.1 Å². The summed E-state index contributed by atoms with van der Waals surface area (Å²) in [5, 5.41) is 10.5. The first-order valence-corrected chi connectivity index (χ1v) is 7.62. The molecule has 3 rings (SSSR count). The number of likely N-dealkylation sites (tertiary alicyclic amines) is 1. The molecule has 0 spiro atoms. The fourth-order valence-corrected chi connectivity index (χ4v) is 2.87. The van der Waals surface area contributed by atoms with E-state index in [2.05, 4.69) is 21.4 Å². The molecular weight excluding hydrogens is 306 g/mol. The highest BCUT2D eigenvalue weighted by Crippen LogP contribution is 2.30. The van der Waals surface area contributed by atoms with Gasteiger partial charge in [0.15, 0.2) is 5.82 Å². The number of aryl methyl sites for hydroxylation is 1. The molecular formula is C17H17N5O2. The molecule has 1 aromatic carbocycles. The van der Waals surface area contributed by atoms with E-state index in [1.165, 1.54) is 0 Å². The zero-order chi connectivity index (χ0) is 17.1. The summed E-state index contributed by atoms with van der Waals surface area (Å²) >= 11 is 0. The number of hydrogen-bond acceptors (Lipinski definition) is 4. The predicted molar refractivity (Wildman–Crippen MR) is 87.7 cm³/mol. The predicted octanol–water partition coefficient (Wildman–Crippen LogP) is 1.10. The summed E-state index contributed by atoms with van der Waals surface area (Å²) in [6, 6.07) is 6.59. The Morgan fingerprint density at radius 2 is 2.25 bits per heavy atom. The van der Waals surface area contributed by atoms with Crippen LogP contribution in [-0.2, 0) is 16.6 Å². The van der Waals surface area contributed by atoms with E-state index < -0.39 is 11.8 Å². The molecule has 7 nitrogen and oxygen atoms in total. The number of hydrogen-bond donors (Lipinski definition) is 1. The number of nitrogens with one attached hydrogen (secondary N) is 1. The van der Waals surface area contributed by atoms with Crippen molar-refractivity contribution in [3.05, 3.63) is 42.0 Å². The van der Waals surface area contributed by atoms with E-state index in [0.717, 1.165) is 12.8 Å². The summed E-state index contributed by atoms with van der Waals surface area (Å²) in [5.41, 5.74) is 1.14. The summed E-state index contributed by atoms with van der Waals surface area (Å²) in [5.74, 6) is 1.92. The Kier molecular flexibility index (Phi) is 4.29. The summed E-state index contributed by atoms with van der Waals surface area (Å²) in [6.45, 7) is 0.522. The molecule has 1 aromatic heterocycles. The lowest BCUT2D eigenvalue weighted by atomic mass is 10.2. The molecule has 1 atom stereocenters. The first-order valence-electron chi connectivity index (χ1n) is 7.62.